The van der Waals surface area contributed by atoms with Crippen molar-refractivity contribution in [2.45, 2.75) is 20.4 Å². The van der Waals surface area contributed by atoms with Crippen LogP contribution in [-0.2, 0) is 6.54 Å². The normalized spacial score (nSPS) is 10.6. The molecule has 4 aromatic rings. The highest BCUT2D eigenvalue weighted by atomic mass is 16.1. The standard InChI is InChI=1S/C22H23N9O/c1-4-31-11-16(9-28-31)29-22(32)15-6-5-14(2)18(7-15)30-21-17(10-24-12-27-21)19-8-20(23-3)26-13-25-19/h5-13H,4H2,1-3H3,(H,29,32)(H,23,25,26)(H,24,27,30). The van der Waals surface area contributed by atoms with E-state index in [1.807, 2.05) is 26.0 Å². The van der Waals surface area contributed by atoms with Crippen molar-refractivity contribution in [3.8, 4) is 11.3 Å². The third-order valence-corrected chi connectivity index (χ3v) is 4.88. The molecule has 3 aromatic heterocycles. The lowest BCUT2D eigenvalue weighted by molar-refractivity contribution is 0.102. The van der Waals surface area contributed by atoms with Crippen molar-refractivity contribution in [1.29, 1.82) is 0 Å². The molecule has 0 radical (unpaired) electrons. The van der Waals surface area contributed by atoms with Crippen LogP contribution in [0.15, 0.2) is 55.5 Å². The van der Waals surface area contributed by atoms with Crippen LogP contribution in [0.3, 0.4) is 0 Å². The van der Waals surface area contributed by atoms with Gasteiger partial charge in [0.25, 0.3) is 5.91 Å². The Morgan fingerprint density at radius 1 is 1.09 bits per heavy atom. The summed E-state index contributed by atoms with van der Waals surface area (Å²) in [6, 6.07) is 7.28. The molecule has 3 N–H and O–H groups in total. The van der Waals surface area contributed by atoms with Gasteiger partial charge in [-0.3, -0.25) is 9.48 Å². The number of rotatable bonds is 7. The molecule has 4 rings (SSSR count). The van der Waals surface area contributed by atoms with E-state index in [0.29, 0.717) is 34.1 Å². The molecule has 32 heavy (non-hydrogen) atoms. The fourth-order valence-electron chi connectivity index (χ4n) is 3.09. The maximum absolute atomic E-state index is 12.8. The van der Waals surface area contributed by atoms with E-state index in [1.54, 1.807) is 42.5 Å². The molecule has 0 fully saturated rings. The van der Waals surface area contributed by atoms with Gasteiger partial charge in [-0.1, -0.05) is 6.07 Å². The first-order valence-corrected chi connectivity index (χ1v) is 10.1. The monoisotopic (exact) mass is 429 g/mol. The van der Waals surface area contributed by atoms with Gasteiger partial charge in [0, 0.05) is 43.3 Å². The molecule has 10 nitrogen and oxygen atoms in total. The lowest BCUT2D eigenvalue weighted by atomic mass is 10.1. The fraction of sp³-hybridized carbons (Fsp3) is 0.182. The molecule has 1 amide bonds. The van der Waals surface area contributed by atoms with Gasteiger partial charge in [0.15, 0.2) is 0 Å². The smallest absolute Gasteiger partial charge is 0.255 e. The summed E-state index contributed by atoms with van der Waals surface area (Å²) in [5, 5.41) is 13.4. The van der Waals surface area contributed by atoms with Crippen molar-refractivity contribution in [1.82, 2.24) is 29.7 Å². The van der Waals surface area contributed by atoms with Crippen LogP contribution >= 0.6 is 0 Å². The Hall–Kier alpha value is -4.34. The first kappa shape index (κ1) is 20.9. The van der Waals surface area contributed by atoms with E-state index in [1.165, 1.54) is 12.7 Å². The molecule has 3 heterocycles. The van der Waals surface area contributed by atoms with Gasteiger partial charge in [-0.15, -0.1) is 0 Å². The van der Waals surface area contributed by atoms with Crippen molar-refractivity contribution < 1.29 is 4.79 Å². The topological polar surface area (TPSA) is 123 Å². The largest absolute Gasteiger partial charge is 0.373 e. The summed E-state index contributed by atoms with van der Waals surface area (Å²) in [6.07, 6.45) is 8.05. The van der Waals surface area contributed by atoms with E-state index in [2.05, 4.69) is 41.0 Å². The summed E-state index contributed by atoms with van der Waals surface area (Å²) in [5.74, 6) is 1.04. The number of hydrogen-bond acceptors (Lipinski definition) is 8. The molecule has 0 spiro atoms. The Morgan fingerprint density at radius 3 is 2.75 bits per heavy atom. The van der Waals surface area contributed by atoms with Gasteiger partial charge in [0.1, 0.15) is 24.3 Å². The summed E-state index contributed by atoms with van der Waals surface area (Å²) in [6.45, 7) is 4.68. The summed E-state index contributed by atoms with van der Waals surface area (Å²) in [7, 11) is 1.79. The van der Waals surface area contributed by atoms with Crippen molar-refractivity contribution in [2.75, 3.05) is 23.0 Å². The number of nitrogens with zero attached hydrogens (tertiary/aromatic N) is 6. The number of carbonyl (C=O) groups is 1. The number of amides is 1. The molecule has 0 aliphatic heterocycles. The van der Waals surface area contributed by atoms with Crippen molar-refractivity contribution in [3.05, 3.63) is 66.6 Å². The van der Waals surface area contributed by atoms with Crippen LogP contribution in [-0.4, -0.2) is 42.7 Å². The number of nitrogens with one attached hydrogen (secondary N) is 3. The van der Waals surface area contributed by atoms with Crippen molar-refractivity contribution >= 4 is 28.9 Å². The molecule has 0 unspecified atom stereocenters. The number of hydrogen-bond donors (Lipinski definition) is 3. The zero-order chi connectivity index (χ0) is 22.5. The minimum absolute atomic E-state index is 0.221. The van der Waals surface area contributed by atoms with Crippen LogP contribution in [0.25, 0.3) is 11.3 Å². The van der Waals surface area contributed by atoms with Crippen molar-refractivity contribution in [2.24, 2.45) is 0 Å². The van der Waals surface area contributed by atoms with Gasteiger partial charge in [-0.2, -0.15) is 5.10 Å². The second-order valence-electron chi connectivity index (χ2n) is 7.02. The van der Waals surface area contributed by atoms with E-state index < -0.39 is 0 Å². The second kappa shape index (κ2) is 9.21. The van der Waals surface area contributed by atoms with Gasteiger partial charge in [-0.25, -0.2) is 19.9 Å². The van der Waals surface area contributed by atoms with Gasteiger partial charge < -0.3 is 16.0 Å². The van der Waals surface area contributed by atoms with E-state index in [-0.39, 0.29) is 5.91 Å². The third kappa shape index (κ3) is 4.53. The zero-order valence-electron chi connectivity index (χ0n) is 18.0. The average Bonchev–Trinajstić information content (AvgIpc) is 3.28. The Kier molecular flexibility index (Phi) is 6.02. The van der Waals surface area contributed by atoms with E-state index in [4.69, 9.17) is 0 Å². The molecular formula is C22H23N9O. The number of carbonyl (C=O) groups excluding carboxylic acids is 1. The van der Waals surface area contributed by atoms with E-state index in [0.717, 1.165) is 17.8 Å². The highest BCUT2D eigenvalue weighted by Gasteiger charge is 2.13. The predicted molar refractivity (Wildman–Crippen MR) is 123 cm³/mol. The van der Waals surface area contributed by atoms with Gasteiger partial charge in [0.2, 0.25) is 0 Å². The second-order valence-corrected chi connectivity index (χ2v) is 7.02. The molecule has 0 aliphatic rings. The number of aryl methyl sites for hydroxylation is 2. The molecular weight excluding hydrogens is 406 g/mol. The SMILES string of the molecule is CCn1cc(NC(=O)c2ccc(C)c(Nc3ncncc3-c3cc(NC)ncn3)c2)cn1. The first-order valence-electron chi connectivity index (χ1n) is 10.1. The molecule has 10 heteroatoms. The molecule has 0 atom stereocenters. The van der Waals surface area contributed by atoms with Gasteiger partial charge in [-0.05, 0) is 31.5 Å². The van der Waals surface area contributed by atoms with Crippen molar-refractivity contribution in [3.63, 3.8) is 0 Å². The minimum atomic E-state index is -0.221. The minimum Gasteiger partial charge on any atom is -0.373 e. The maximum Gasteiger partial charge on any atom is 0.255 e. The summed E-state index contributed by atoms with van der Waals surface area (Å²) in [5.41, 5.74) is 4.26. The lowest BCUT2D eigenvalue weighted by Crippen LogP contribution is -2.12. The molecule has 0 aliphatic carbocycles. The quantitative estimate of drug-likeness (QED) is 0.408. The number of aromatic nitrogens is 6. The Labute approximate surface area is 185 Å². The predicted octanol–water partition coefficient (Wildman–Crippen LogP) is 3.50. The number of anilines is 4. The highest BCUT2D eigenvalue weighted by molar-refractivity contribution is 6.05. The highest BCUT2D eigenvalue weighted by Crippen LogP contribution is 2.29. The van der Waals surface area contributed by atoms with E-state index in [9.17, 15) is 4.79 Å². The summed E-state index contributed by atoms with van der Waals surface area (Å²) in [4.78, 5) is 29.8. The molecule has 0 bridgehead atoms. The Balaban J connectivity index is 1.61. The third-order valence-electron chi connectivity index (χ3n) is 4.88. The first-order chi connectivity index (χ1) is 15.6. The van der Waals surface area contributed by atoms with Crippen LogP contribution in [0.1, 0.15) is 22.8 Å². The number of benzene rings is 1. The van der Waals surface area contributed by atoms with Crippen LogP contribution < -0.4 is 16.0 Å². The molecule has 1 aromatic carbocycles. The summed E-state index contributed by atoms with van der Waals surface area (Å²) >= 11 is 0. The van der Waals surface area contributed by atoms with Gasteiger partial charge in [0.05, 0.1) is 23.1 Å². The van der Waals surface area contributed by atoms with Crippen LogP contribution in [0.5, 0.6) is 0 Å². The molecule has 0 saturated carbocycles. The summed E-state index contributed by atoms with van der Waals surface area (Å²) < 4.78 is 1.75. The molecule has 162 valence electrons. The Morgan fingerprint density at radius 2 is 1.97 bits per heavy atom. The van der Waals surface area contributed by atoms with E-state index >= 15 is 0 Å². The molecule has 0 saturated heterocycles. The zero-order valence-corrected chi connectivity index (χ0v) is 18.0. The Bertz CT molecular complexity index is 1250. The lowest BCUT2D eigenvalue weighted by Gasteiger charge is -2.14. The van der Waals surface area contributed by atoms with Crippen LogP contribution in [0.4, 0.5) is 23.0 Å². The van der Waals surface area contributed by atoms with Gasteiger partial charge >= 0.3 is 0 Å². The maximum atomic E-state index is 12.8. The average molecular weight is 429 g/mol. The van der Waals surface area contributed by atoms with Crippen LogP contribution in [0, 0.1) is 6.92 Å². The van der Waals surface area contributed by atoms with Crippen LogP contribution in [0.2, 0.25) is 0 Å². The fourth-order valence-corrected chi connectivity index (χ4v) is 3.09.